The number of halogens is 2. The standard InChI is InChI=1S/C27H21Cl2N3O2S/c1-17-14-19(18(2)32(17)23-12-6-11-22(28)25(23)29)15-24-26(33)31(16-21-10-7-13-34-21)27(35-24)30-20-8-4-3-5-9-20/h3-15H,16H2,1-2H3/b24-15+,30-27?. The molecule has 0 atom stereocenters. The molecule has 1 aliphatic rings. The Labute approximate surface area is 217 Å². The molecule has 1 fully saturated rings. The lowest BCUT2D eigenvalue weighted by atomic mass is 10.2. The fourth-order valence-corrected chi connectivity index (χ4v) is 5.38. The first kappa shape index (κ1) is 23.5. The maximum Gasteiger partial charge on any atom is 0.267 e. The van der Waals surface area contributed by atoms with E-state index in [-0.39, 0.29) is 5.91 Å². The first-order valence-corrected chi connectivity index (χ1v) is 12.5. The monoisotopic (exact) mass is 521 g/mol. The summed E-state index contributed by atoms with van der Waals surface area (Å²) in [5.41, 5.74) is 4.45. The number of nitrogens with zero attached hydrogens (tertiary/aromatic N) is 3. The molecule has 0 radical (unpaired) electrons. The van der Waals surface area contributed by atoms with Crippen molar-refractivity contribution in [3.05, 3.63) is 111 Å². The molecule has 0 spiro atoms. The third-order valence-corrected chi connectivity index (χ3v) is 7.51. The van der Waals surface area contributed by atoms with Crippen LogP contribution in [0, 0.1) is 13.8 Å². The lowest BCUT2D eigenvalue weighted by Crippen LogP contribution is -2.28. The van der Waals surface area contributed by atoms with Crippen LogP contribution in [0.4, 0.5) is 5.69 Å². The molecule has 176 valence electrons. The number of aryl methyl sites for hydroxylation is 1. The molecule has 1 saturated heterocycles. The Morgan fingerprint density at radius 3 is 2.57 bits per heavy atom. The molecule has 35 heavy (non-hydrogen) atoms. The molecule has 5 nitrogen and oxygen atoms in total. The molecule has 2 aromatic heterocycles. The zero-order valence-corrected chi connectivity index (χ0v) is 21.4. The van der Waals surface area contributed by atoms with E-state index in [0.29, 0.717) is 32.4 Å². The van der Waals surface area contributed by atoms with Crippen LogP contribution in [0.15, 0.2) is 87.3 Å². The lowest BCUT2D eigenvalue weighted by molar-refractivity contribution is -0.122. The van der Waals surface area contributed by atoms with Crippen molar-refractivity contribution in [1.29, 1.82) is 0 Å². The van der Waals surface area contributed by atoms with Gasteiger partial charge in [-0.3, -0.25) is 9.69 Å². The van der Waals surface area contributed by atoms with Crippen LogP contribution < -0.4 is 0 Å². The average molecular weight is 522 g/mol. The van der Waals surface area contributed by atoms with E-state index >= 15 is 0 Å². The summed E-state index contributed by atoms with van der Waals surface area (Å²) in [6, 6.07) is 20.9. The number of hydrogen-bond donors (Lipinski definition) is 0. The molecular weight excluding hydrogens is 501 g/mol. The van der Waals surface area contributed by atoms with Gasteiger partial charge < -0.3 is 8.98 Å². The quantitative estimate of drug-likeness (QED) is 0.251. The number of amidine groups is 1. The number of amides is 1. The fraction of sp³-hybridized carbons (Fsp3) is 0.111. The number of para-hydroxylation sites is 1. The van der Waals surface area contributed by atoms with E-state index in [1.165, 1.54) is 11.8 Å². The van der Waals surface area contributed by atoms with Crippen molar-refractivity contribution in [3.8, 4) is 5.69 Å². The molecule has 3 heterocycles. The number of aromatic nitrogens is 1. The van der Waals surface area contributed by atoms with E-state index in [1.807, 2.05) is 85.2 Å². The number of aliphatic imine (C=N–C) groups is 1. The van der Waals surface area contributed by atoms with Gasteiger partial charge in [0.05, 0.1) is 39.1 Å². The molecule has 8 heteroatoms. The average Bonchev–Trinajstić information content (AvgIpc) is 3.53. The number of furan rings is 1. The van der Waals surface area contributed by atoms with Gasteiger partial charge in [-0.15, -0.1) is 0 Å². The third kappa shape index (κ3) is 4.69. The molecule has 1 amide bonds. The van der Waals surface area contributed by atoms with Crippen molar-refractivity contribution in [1.82, 2.24) is 9.47 Å². The van der Waals surface area contributed by atoms with Gasteiger partial charge >= 0.3 is 0 Å². The molecule has 0 unspecified atom stereocenters. The number of carbonyl (C=O) groups is 1. The molecule has 2 aromatic carbocycles. The topological polar surface area (TPSA) is 50.7 Å². The van der Waals surface area contributed by atoms with Gasteiger partial charge in [-0.2, -0.15) is 0 Å². The van der Waals surface area contributed by atoms with E-state index < -0.39 is 0 Å². The zero-order valence-electron chi connectivity index (χ0n) is 19.0. The van der Waals surface area contributed by atoms with Crippen molar-refractivity contribution in [3.63, 3.8) is 0 Å². The van der Waals surface area contributed by atoms with Crippen LogP contribution in [-0.4, -0.2) is 20.5 Å². The SMILES string of the molecule is Cc1cc(/C=C2/SC(=Nc3ccccc3)N(Cc3ccco3)C2=O)c(C)n1-c1cccc(Cl)c1Cl. The Bertz CT molecular complexity index is 1460. The minimum Gasteiger partial charge on any atom is -0.467 e. The van der Waals surface area contributed by atoms with Crippen LogP contribution in [-0.2, 0) is 11.3 Å². The number of thioether (sulfide) groups is 1. The first-order chi connectivity index (χ1) is 16.9. The van der Waals surface area contributed by atoms with E-state index in [9.17, 15) is 4.79 Å². The van der Waals surface area contributed by atoms with Crippen LogP contribution in [0.2, 0.25) is 10.0 Å². The van der Waals surface area contributed by atoms with Crippen molar-refractivity contribution in [2.75, 3.05) is 0 Å². The van der Waals surface area contributed by atoms with Crippen LogP contribution in [0.3, 0.4) is 0 Å². The van der Waals surface area contributed by atoms with Crippen LogP contribution in [0.1, 0.15) is 22.7 Å². The van der Waals surface area contributed by atoms with Crippen molar-refractivity contribution in [2.24, 2.45) is 4.99 Å². The minimum absolute atomic E-state index is 0.119. The van der Waals surface area contributed by atoms with Gasteiger partial charge in [0.15, 0.2) is 5.17 Å². The van der Waals surface area contributed by atoms with E-state index in [4.69, 9.17) is 32.6 Å². The number of rotatable bonds is 5. The summed E-state index contributed by atoms with van der Waals surface area (Å²) >= 11 is 14.1. The summed E-state index contributed by atoms with van der Waals surface area (Å²) in [7, 11) is 0. The molecule has 0 N–H and O–H groups in total. The lowest BCUT2D eigenvalue weighted by Gasteiger charge is -2.13. The molecule has 0 bridgehead atoms. The van der Waals surface area contributed by atoms with Gasteiger partial charge in [0, 0.05) is 11.4 Å². The summed E-state index contributed by atoms with van der Waals surface area (Å²) in [5, 5.41) is 1.59. The molecule has 4 aromatic rings. The van der Waals surface area contributed by atoms with Crippen molar-refractivity contribution in [2.45, 2.75) is 20.4 Å². The van der Waals surface area contributed by atoms with Crippen molar-refractivity contribution >= 4 is 57.8 Å². The third-order valence-electron chi connectivity index (χ3n) is 5.69. The van der Waals surface area contributed by atoms with Gasteiger partial charge in [-0.25, -0.2) is 4.99 Å². The summed E-state index contributed by atoms with van der Waals surface area (Å²) < 4.78 is 7.55. The Morgan fingerprint density at radius 2 is 1.83 bits per heavy atom. The van der Waals surface area contributed by atoms with Gasteiger partial charge in [0.2, 0.25) is 0 Å². The highest BCUT2D eigenvalue weighted by atomic mass is 35.5. The second-order valence-corrected chi connectivity index (χ2v) is 9.84. The minimum atomic E-state index is -0.119. The van der Waals surface area contributed by atoms with Crippen LogP contribution >= 0.6 is 35.0 Å². The predicted molar refractivity (Wildman–Crippen MR) is 144 cm³/mol. The Kier molecular flexibility index (Phi) is 6.60. The second kappa shape index (κ2) is 9.82. The molecule has 1 aliphatic heterocycles. The first-order valence-electron chi connectivity index (χ1n) is 10.9. The van der Waals surface area contributed by atoms with Gasteiger partial charge in [-0.05, 0) is 79.7 Å². The van der Waals surface area contributed by atoms with Gasteiger partial charge in [-0.1, -0.05) is 47.5 Å². The fourth-order valence-electron chi connectivity index (χ4n) is 4.01. The number of hydrogen-bond acceptors (Lipinski definition) is 4. The molecule has 0 aliphatic carbocycles. The predicted octanol–water partition coefficient (Wildman–Crippen LogP) is 7.80. The summed E-state index contributed by atoms with van der Waals surface area (Å²) in [6.07, 6.45) is 3.51. The normalized spacial score (nSPS) is 16.1. The summed E-state index contributed by atoms with van der Waals surface area (Å²) in [5.74, 6) is 0.571. The molecule has 5 rings (SSSR count). The van der Waals surface area contributed by atoms with Crippen LogP contribution in [0.5, 0.6) is 0 Å². The summed E-state index contributed by atoms with van der Waals surface area (Å²) in [4.78, 5) is 20.5. The Hall–Kier alpha value is -3.19. The number of benzene rings is 2. The van der Waals surface area contributed by atoms with E-state index in [1.54, 1.807) is 17.2 Å². The van der Waals surface area contributed by atoms with Crippen molar-refractivity contribution < 1.29 is 9.21 Å². The molecular formula is C27H21Cl2N3O2S. The van der Waals surface area contributed by atoms with Gasteiger partial charge in [0.25, 0.3) is 5.91 Å². The molecule has 0 saturated carbocycles. The maximum absolute atomic E-state index is 13.5. The smallest absolute Gasteiger partial charge is 0.267 e. The summed E-state index contributed by atoms with van der Waals surface area (Å²) in [6.45, 7) is 4.31. The Morgan fingerprint density at radius 1 is 1.03 bits per heavy atom. The highest BCUT2D eigenvalue weighted by Gasteiger charge is 2.34. The maximum atomic E-state index is 13.5. The van der Waals surface area contributed by atoms with Crippen LogP contribution in [0.25, 0.3) is 11.8 Å². The van der Waals surface area contributed by atoms with E-state index in [2.05, 4.69) is 0 Å². The van der Waals surface area contributed by atoms with E-state index in [0.717, 1.165) is 28.3 Å². The second-order valence-electron chi connectivity index (χ2n) is 8.05. The largest absolute Gasteiger partial charge is 0.467 e. The number of carbonyl (C=O) groups excluding carboxylic acids is 1. The zero-order chi connectivity index (χ0) is 24.5. The van der Waals surface area contributed by atoms with Gasteiger partial charge in [0.1, 0.15) is 5.76 Å². The Balaban J connectivity index is 1.54. The highest BCUT2D eigenvalue weighted by molar-refractivity contribution is 8.18. The highest BCUT2D eigenvalue weighted by Crippen LogP contribution is 2.37.